The molecule has 0 atom stereocenters. The maximum absolute atomic E-state index is 12.6. The summed E-state index contributed by atoms with van der Waals surface area (Å²) in [7, 11) is -3.79. The molecule has 0 heterocycles. The molecule has 0 aromatic heterocycles. The lowest BCUT2D eigenvalue weighted by Gasteiger charge is -2.19. The van der Waals surface area contributed by atoms with Crippen LogP contribution in [0.15, 0.2) is 89.8 Å². The summed E-state index contributed by atoms with van der Waals surface area (Å²) in [6.07, 6.45) is 0. The highest BCUT2D eigenvalue weighted by atomic mass is 32.2. The highest BCUT2D eigenvalue weighted by molar-refractivity contribution is 7.89. The van der Waals surface area contributed by atoms with Gasteiger partial charge >= 0.3 is 0 Å². The van der Waals surface area contributed by atoms with Crippen molar-refractivity contribution in [3.05, 3.63) is 106 Å². The zero-order valence-electron chi connectivity index (χ0n) is 14.4. The standard InChI is InChI=1S/C20H18N2O4S/c23-22(24)18-11-13-19(14-12-18)27(25,26)21-15-20(16-7-3-1-4-8-16)17-9-5-2-6-10-17/h1-14,20-21H,15H2. The van der Waals surface area contributed by atoms with E-state index in [-0.39, 0.29) is 23.0 Å². The van der Waals surface area contributed by atoms with Crippen LogP contribution in [0, 0.1) is 10.1 Å². The van der Waals surface area contributed by atoms with Crippen LogP contribution in [-0.2, 0) is 10.0 Å². The molecule has 0 radical (unpaired) electrons. The number of rotatable bonds is 7. The minimum Gasteiger partial charge on any atom is -0.258 e. The normalized spacial score (nSPS) is 11.4. The molecule has 0 aliphatic carbocycles. The van der Waals surface area contributed by atoms with Gasteiger partial charge in [0.2, 0.25) is 10.0 Å². The Hall–Kier alpha value is -3.03. The van der Waals surface area contributed by atoms with Gasteiger partial charge in [-0.3, -0.25) is 10.1 Å². The van der Waals surface area contributed by atoms with E-state index in [1.807, 2.05) is 60.7 Å². The van der Waals surface area contributed by atoms with Crippen molar-refractivity contribution in [3.63, 3.8) is 0 Å². The average molecular weight is 382 g/mol. The Balaban J connectivity index is 1.83. The van der Waals surface area contributed by atoms with E-state index in [0.717, 1.165) is 11.1 Å². The summed E-state index contributed by atoms with van der Waals surface area (Å²) in [4.78, 5) is 10.2. The number of hydrogen-bond acceptors (Lipinski definition) is 4. The van der Waals surface area contributed by atoms with E-state index in [0.29, 0.717) is 0 Å². The Bertz CT molecular complexity index is 965. The lowest BCUT2D eigenvalue weighted by Crippen LogP contribution is -2.29. The van der Waals surface area contributed by atoms with Gasteiger partial charge in [-0.2, -0.15) is 0 Å². The molecule has 0 bridgehead atoms. The third kappa shape index (κ3) is 4.58. The highest BCUT2D eigenvalue weighted by Crippen LogP contribution is 2.24. The van der Waals surface area contributed by atoms with Crippen molar-refractivity contribution < 1.29 is 13.3 Å². The van der Waals surface area contributed by atoms with Crippen LogP contribution in [0.25, 0.3) is 0 Å². The first kappa shape index (κ1) is 18.8. The van der Waals surface area contributed by atoms with E-state index in [1.165, 1.54) is 24.3 Å². The Kier molecular flexibility index (Phi) is 5.63. The fraction of sp³-hybridized carbons (Fsp3) is 0.100. The second-order valence-corrected chi connectivity index (χ2v) is 7.74. The Morgan fingerprint density at radius 3 is 1.74 bits per heavy atom. The molecule has 1 N–H and O–H groups in total. The maximum Gasteiger partial charge on any atom is 0.269 e. The van der Waals surface area contributed by atoms with Crippen molar-refractivity contribution in [2.24, 2.45) is 0 Å². The summed E-state index contributed by atoms with van der Waals surface area (Å²) in [6, 6.07) is 24.1. The molecule has 0 unspecified atom stereocenters. The molecule has 0 saturated heterocycles. The molecule has 0 spiro atoms. The minimum atomic E-state index is -3.79. The lowest BCUT2D eigenvalue weighted by molar-refractivity contribution is -0.384. The zero-order valence-corrected chi connectivity index (χ0v) is 15.2. The average Bonchev–Trinajstić information content (AvgIpc) is 2.70. The van der Waals surface area contributed by atoms with Crippen molar-refractivity contribution >= 4 is 15.7 Å². The van der Waals surface area contributed by atoms with Gasteiger partial charge in [0.15, 0.2) is 0 Å². The molecule has 3 aromatic rings. The molecule has 3 rings (SSSR count). The van der Waals surface area contributed by atoms with Crippen LogP contribution in [0.1, 0.15) is 17.0 Å². The second-order valence-electron chi connectivity index (χ2n) is 5.98. The molecule has 27 heavy (non-hydrogen) atoms. The summed E-state index contributed by atoms with van der Waals surface area (Å²) < 4.78 is 27.8. The van der Waals surface area contributed by atoms with Crippen LogP contribution >= 0.6 is 0 Å². The van der Waals surface area contributed by atoms with Crippen LogP contribution in [-0.4, -0.2) is 19.9 Å². The lowest BCUT2D eigenvalue weighted by atomic mass is 9.92. The van der Waals surface area contributed by atoms with Gasteiger partial charge < -0.3 is 0 Å². The van der Waals surface area contributed by atoms with Crippen LogP contribution in [0.5, 0.6) is 0 Å². The van der Waals surface area contributed by atoms with Gasteiger partial charge in [0.1, 0.15) is 0 Å². The number of nitrogens with zero attached hydrogens (tertiary/aromatic N) is 1. The van der Waals surface area contributed by atoms with Gasteiger partial charge in [-0.25, -0.2) is 13.1 Å². The van der Waals surface area contributed by atoms with Crippen LogP contribution in [0.3, 0.4) is 0 Å². The van der Waals surface area contributed by atoms with Gasteiger partial charge in [-0.1, -0.05) is 60.7 Å². The van der Waals surface area contributed by atoms with Gasteiger partial charge in [-0.05, 0) is 23.3 Å². The molecule has 7 heteroatoms. The Morgan fingerprint density at radius 2 is 1.30 bits per heavy atom. The largest absolute Gasteiger partial charge is 0.269 e. The molecular formula is C20H18N2O4S. The third-order valence-corrected chi connectivity index (χ3v) is 5.68. The van der Waals surface area contributed by atoms with E-state index in [1.54, 1.807) is 0 Å². The minimum absolute atomic E-state index is 0.00651. The Morgan fingerprint density at radius 1 is 0.815 bits per heavy atom. The van der Waals surface area contributed by atoms with E-state index in [4.69, 9.17) is 0 Å². The topological polar surface area (TPSA) is 89.3 Å². The summed E-state index contributed by atoms with van der Waals surface area (Å²) in [5.74, 6) is -0.153. The first-order valence-electron chi connectivity index (χ1n) is 8.31. The molecule has 138 valence electrons. The predicted molar refractivity (Wildman–Crippen MR) is 103 cm³/mol. The van der Waals surface area contributed by atoms with Crippen LogP contribution in [0.4, 0.5) is 5.69 Å². The van der Waals surface area contributed by atoms with E-state index in [2.05, 4.69) is 4.72 Å². The smallest absolute Gasteiger partial charge is 0.258 e. The number of nitro benzene ring substituents is 1. The molecular weight excluding hydrogens is 364 g/mol. The molecule has 0 saturated carbocycles. The number of non-ortho nitro benzene ring substituents is 1. The first-order valence-corrected chi connectivity index (χ1v) is 9.80. The van der Waals surface area contributed by atoms with Gasteiger partial charge in [-0.15, -0.1) is 0 Å². The van der Waals surface area contributed by atoms with Crippen molar-refractivity contribution in [3.8, 4) is 0 Å². The number of sulfonamides is 1. The quantitative estimate of drug-likeness (QED) is 0.498. The molecule has 0 amide bonds. The van der Waals surface area contributed by atoms with E-state index < -0.39 is 14.9 Å². The van der Waals surface area contributed by atoms with Crippen molar-refractivity contribution in [1.82, 2.24) is 4.72 Å². The fourth-order valence-corrected chi connectivity index (χ4v) is 3.87. The maximum atomic E-state index is 12.6. The molecule has 3 aromatic carbocycles. The fourth-order valence-electron chi connectivity index (χ4n) is 2.82. The predicted octanol–water partition coefficient (Wildman–Crippen LogP) is 3.71. The van der Waals surface area contributed by atoms with Crippen LogP contribution in [0.2, 0.25) is 0 Å². The Labute approximate surface area is 157 Å². The van der Waals surface area contributed by atoms with Gasteiger partial charge in [0.05, 0.1) is 9.82 Å². The first-order chi connectivity index (χ1) is 13.0. The van der Waals surface area contributed by atoms with E-state index in [9.17, 15) is 18.5 Å². The van der Waals surface area contributed by atoms with Crippen molar-refractivity contribution in [1.29, 1.82) is 0 Å². The zero-order chi connectivity index (χ0) is 19.3. The summed E-state index contributed by atoms with van der Waals surface area (Å²) >= 11 is 0. The monoisotopic (exact) mass is 382 g/mol. The summed E-state index contributed by atoms with van der Waals surface area (Å²) in [6.45, 7) is 0.174. The summed E-state index contributed by atoms with van der Waals surface area (Å²) in [5, 5.41) is 10.7. The molecule has 0 fully saturated rings. The SMILES string of the molecule is O=[N+]([O-])c1ccc(S(=O)(=O)NCC(c2ccccc2)c2ccccc2)cc1. The van der Waals surface area contributed by atoms with Crippen molar-refractivity contribution in [2.75, 3.05) is 6.54 Å². The summed E-state index contributed by atoms with van der Waals surface area (Å²) in [5.41, 5.74) is 1.84. The van der Waals surface area contributed by atoms with Gasteiger partial charge in [0.25, 0.3) is 5.69 Å². The van der Waals surface area contributed by atoms with Crippen molar-refractivity contribution in [2.45, 2.75) is 10.8 Å². The molecule has 0 aliphatic rings. The number of nitro groups is 1. The van der Waals surface area contributed by atoms with Gasteiger partial charge in [0, 0.05) is 24.6 Å². The number of hydrogen-bond donors (Lipinski definition) is 1. The molecule has 6 nitrogen and oxygen atoms in total. The highest BCUT2D eigenvalue weighted by Gasteiger charge is 2.20. The number of nitrogens with one attached hydrogen (secondary N) is 1. The third-order valence-electron chi connectivity index (χ3n) is 4.24. The number of benzene rings is 3. The second kappa shape index (κ2) is 8.11. The van der Waals surface area contributed by atoms with E-state index >= 15 is 0 Å². The van der Waals surface area contributed by atoms with Crippen LogP contribution < -0.4 is 4.72 Å². The molecule has 0 aliphatic heterocycles.